The molecule has 29 heavy (non-hydrogen) atoms. The van der Waals surface area contributed by atoms with Crippen LogP contribution >= 0.6 is 0 Å². The molecule has 0 fully saturated rings. The van der Waals surface area contributed by atoms with Gasteiger partial charge in [-0.1, -0.05) is 44.2 Å². The van der Waals surface area contributed by atoms with Crippen LogP contribution in [0, 0.1) is 5.92 Å². The van der Waals surface area contributed by atoms with E-state index >= 15 is 0 Å². The Balaban J connectivity index is 1.98. The number of amides is 2. The highest BCUT2D eigenvalue weighted by Gasteiger charge is 2.25. The minimum absolute atomic E-state index is 0.134. The van der Waals surface area contributed by atoms with Crippen molar-refractivity contribution >= 4 is 11.8 Å². The molecule has 0 saturated carbocycles. The van der Waals surface area contributed by atoms with Gasteiger partial charge in [-0.2, -0.15) is 0 Å². The second kappa shape index (κ2) is 11.1. The first-order valence-corrected chi connectivity index (χ1v) is 9.77. The third kappa shape index (κ3) is 7.14. The Morgan fingerprint density at radius 2 is 1.62 bits per heavy atom. The fourth-order valence-corrected chi connectivity index (χ4v) is 2.83. The van der Waals surface area contributed by atoms with Crippen molar-refractivity contribution in [3.8, 4) is 11.5 Å². The number of methoxy groups -OCH3 is 1. The zero-order valence-corrected chi connectivity index (χ0v) is 17.6. The molecule has 0 bridgehead atoms. The average molecular weight is 399 g/mol. The lowest BCUT2D eigenvalue weighted by atomic mass is 10.0. The summed E-state index contributed by atoms with van der Waals surface area (Å²) in [6, 6.07) is 15.9. The van der Waals surface area contributed by atoms with Crippen molar-refractivity contribution in [2.45, 2.75) is 26.3 Å². The van der Waals surface area contributed by atoms with Gasteiger partial charge in [0.1, 0.15) is 24.1 Å². The number of rotatable bonds is 10. The quantitative estimate of drug-likeness (QED) is 0.666. The summed E-state index contributed by atoms with van der Waals surface area (Å²) in [5.41, 5.74) is 0.762. The molecule has 1 unspecified atom stereocenters. The Kier molecular flexibility index (Phi) is 8.52. The maximum Gasteiger partial charge on any atom is 0.249 e. The van der Waals surface area contributed by atoms with Crippen LogP contribution in [-0.4, -0.2) is 44.0 Å². The minimum Gasteiger partial charge on any atom is -0.497 e. The van der Waals surface area contributed by atoms with Crippen molar-refractivity contribution in [3.05, 3.63) is 60.2 Å². The van der Waals surface area contributed by atoms with Crippen LogP contribution in [0.1, 0.15) is 31.9 Å². The topological polar surface area (TPSA) is 67.9 Å². The van der Waals surface area contributed by atoms with E-state index in [0.29, 0.717) is 25.3 Å². The van der Waals surface area contributed by atoms with Gasteiger partial charge in [0.05, 0.1) is 13.7 Å². The van der Waals surface area contributed by atoms with Gasteiger partial charge in [-0.05, 0) is 35.7 Å². The highest BCUT2D eigenvalue weighted by atomic mass is 16.5. The maximum absolute atomic E-state index is 13.0. The number of hydrogen-bond donors (Lipinski definition) is 1. The second-order valence-electron chi connectivity index (χ2n) is 7.29. The van der Waals surface area contributed by atoms with E-state index in [0.717, 1.165) is 11.3 Å². The van der Waals surface area contributed by atoms with E-state index in [1.807, 2.05) is 68.4 Å². The summed E-state index contributed by atoms with van der Waals surface area (Å²) in [7, 11) is 3.32. The zero-order valence-electron chi connectivity index (χ0n) is 17.6. The molecular formula is C23H30N2O4. The van der Waals surface area contributed by atoms with Crippen LogP contribution in [0.15, 0.2) is 54.6 Å². The summed E-state index contributed by atoms with van der Waals surface area (Å²) in [5, 5.41) is 2.88. The van der Waals surface area contributed by atoms with Crippen molar-refractivity contribution in [1.82, 2.24) is 10.2 Å². The van der Waals surface area contributed by atoms with Gasteiger partial charge in [0.25, 0.3) is 0 Å². The Morgan fingerprint density at radius 1 is 1.00 bits per heavy atom. The molecule has 2 aromatic carbocycles. The monoisotopic (exact) mass is 398 g/mol. The molecule has 0 spiro atoms. The number of carbonyl (C=O) groups excluding carboxylic acids is 2. The van der Waals surface area contributed by atoms with Crippen molar-refractivity contribution in [2.24, 2.45) is 5.92 Å². The molecule has 2 aromatic rings. The third-order valence-corrected chi connectivity index (χ3v) is 4.41. The van der Waals surface area contributed by atoms with Crippen LogP contribution in [0.3, 0.4) is 0 Å². The van der Waals surface area contributed by atoms with Gasteiger partial charge in [0.15, 0.2) is 0 Å². The number of nitrogens with zero attached hydrogens (tertiary/aromatic N) is 1. The van der Waals surface area contributed by atoms with Crippen molar-refractivity contribution in [1.29, 1.82) is 0 Å². The minimum atomic E-state index is -0.714. The molecule has 1 N–H and O–H groups in total. The summed E-state index contributed by atoms with van der Waals surface area (Å²) in [5.74, 6) is 1.37. The van der Waals surface area contributed by atoms with Gasteiger partial charge < -0.3 is 19.7 Å². The zero-order chi connectivity index (χ0) is 21.2. The van der Waals surface area contributed by atoms with E-state index < -0.39 is 6.04 Å². The molecule has 0 heterocycles. The normalized spacial score (nSPS) is 11.6. The van der Waals surface area contributed by atoms with E-state index in [1.54, 1.807) is 19.1 Å². The summed E-state index contributed by atoms with van der Waals surface area (Å²) in [6.45, 7) is 4.69. The number of ether oxygens (including phenoxy) is 2. The van der Waals surface area contributed by atoms with Gasteiger partial charge in [-0.25, -0.2) is 0 Å². The molecule has 1 atom stereocenters. The van der Waals surface area contributed by atoms with Crippen LogP contribution in [0.2, 0.25) is 0 Å². The van der Waals surface area contributed by atoms with Gasteiger partial charge in [-0.3, -0.25) is 9.59 Å². The van der Waals surface area contributed by atoms with Crippen LogP contribution in [0.25, 0.3) is 0 Å². The number of carbonyl (C=O) groups is 2. The summed E-state index contributed by atoms with van der Waals surface area (Å²) in [4.78, 5) is 26.9. The van der Waals surface area contributed by atoms with E-state index in [-0.39, 0.29) is 17.7 Å². The molecular weight excluding hydrogens is 368 g/mol. The molecule has 0 radical (unpaired) electrons. The Morgan fingerprint density at radius 3 is 2.21 bits per heavy atom. The van der Waals surface area contributed by atoms with E-state index in [9.17, 15) is 9.59 Å². The standard InChI is InChI=1S/C23H30N2O4/c1-17(2)16-21(26)24-22(18-8-6-5-7-9-18)23(27)25(3)14-15-29-20-12-10-19(28-4)11-13-20/h5-13,17,22H,14-16H2,1-4H3,(H,24,26). The molecule has 6 nitrogen and oxygen atoms in total. The highest BCUT2D eigenvalue weighted by Crippen LogP contribution is 2.18. The Labute approximate surface area is 172 Å². The number of hydrogen-bond acceptors (Lipinski definition) is 4. The first-order valence-electron chi connectivity index (χ1n) is 9.77. The fourth-order valence-electron chi connectivity index (χ4n) is 2.83. The molecule has 2 rings (SSSR count). The van der Waals surface area contributed by atoms with E-state index in [2.05, 4.69) is 5.32 Å². The molecule has 0 aliphatic heterocycles. The molecule has 0 aliphatic carbocycles. The van der Waals surface area contributed by atoms with Crippen LogP contribution in [0.4, 0.5) is 0 Å². The van der Waals surface area contributed by atoms with Crippen molar-refractivity contribution in [2.75, 3.05) is 27.3 Å². The van der Waals surface area contributed by atoms with Crippen molar-refractivity contribution in [3.63, 3.8) is 0 Å². The van der Waals surface area contributed by atoms with Crippen LogP contribution < -0.4 is 14.8 Å². The lowest BCUT2D eigenvalue weighted by Gasteiger charge is -2.25. The van der Waals surface area contributed by atoms with Gasteiger partial charge >= 0.3 is 0 Å². The second-order valence-corrected chi connectivity index (χ2v) is 7.29. The first kappa shape index (κ1) is 22.3. The molecule has 0 aromatic heterocycles. The summed E-state index contributed by atoms with van der Waals surface area (Å²) in [6.07, 6.45) is 0.376. The molecule has 0 aliphatic rings. The van der Waals surface area contributed by atoms with E-state index in [1.165, 1.54) is 0 Å². The lowest BCUT2D eigenvalue weighted by Crippen LogP contribution is -2.42. The summed E-state index contributed by atoms with van der Waals surface area (Å²) >= 11 is 0. The lowest BCUT2D eigenvalue weighted by molar-refractivity contribution is -0.136. The number of likely N-dealkylation sites (N-methyl/N-ethyl adjacent to an activating group) is 1. The molecule has 156 valence electrons. The first-order chi connectivity index (χ1) is 13.9. The smallest absolute Gasteiger partial charge is 0.249 e. The number of nitrogens with one attached hydrogen (secondary N) is 1. The van der Waals surface area contributed by atoms with Gasteiger partial charge in [-0.15, -0.1) is 0 Å². The van der Waals surface area contributed by atoms with Crippen LogP contribution in [-0.2, 0) is 9.59 Å². The predicted molar refractivity (Wildman–Crippen MR) is 113 cm³/mol. The average Bonchev–Trinajstić information content (AvgIpc) is 2.72. The van der Waals surface area contributed by atoms with Gasteiger partial charge in [0.2, 0.25) is 11.8 Å². The van der Waals surface area contributed by atoms with E-state index in [4.69, 9.17) is 9.47 Å². The molecule has 6 heteroatoms. The third-order valence-electron chi connectivity index (χ3n) is 4.41. The SMILES string of the molecule is COc1ccc(OCCN(C)C(=O)C(NC(=O)CC(C)C)c2ccccc2)cc1. The maximum atomic E-state index is 13.0. The Bertz CT molecular complexity index is 775. The predicted octanol–water partition coefficient (Wildman–Crippen LogP) is 3.44. The molecule has 0 saturated heterocycles. The fraction of sp³-hybridized carbons (Fsp3) is 0.391. The highest BCUT2D eigenvalue weighted by molar-refractivity contribution is 5.88. The number of benzene rings is 2. The van der Waals surface area contributed by atoms with Crippen LogP contribution in [0.5, 0.6) is 11.5 Å². The van der Waals surface area contributed by atoms with Gasteiger partial charge in [0, 0.05) is 13.5 Å². The Hall–Kier alpha value is -3.02. The molecule has 2 amide bonds. The van der Waals surface area contributed by atoms with Crippen molar-refractivity contribution < 1.29 is 19.1 Å². The largest absolute Gasteiger partial charge is 0.497 e. The summed E-state index contributed by atoms with van der Waals surface area (Å²) < 4.78 is 10.8.